The van der Waals surface area contributed by atoms with Gasteiger partial charge in [-0.2, -0.15) is 5.10 Å². The van der Waals surface area contributed by atoms with Crippen LogP contribution in [0.1, 0.15) is 19.3 Å². The summed E-state index contributed by atoms with van der Waals surface area (Å²) in [5, 5.41) is 7.45. The van der Waals surface area contributed by atoms with Gasteiger partial charge in [0.1, 0.15) is 5.82 Å². The zero-order valence-corrected chi connectivity index (χ0v) is 13.4. The third kappa shape index (κ3) is 3.96. The molecular formula is C14H19N4O4P. The van der Waals surface area contributed by atoms with Crippen molar-refractivity contribution in [1.29, 1.82) is 0 Å². The maximum absolute atomic E-state index is 11.6. The molecule has 3 rings (SSSR count). The number of anilines is 1. The van der Waals surface area contributed by atoms with E-state index < -0.39 is 7.60 Å². The monoisotopic (exact) mass is 338 g/mol. The molecule has 2 aromatic heterocycles. The maximum atomic E-state index is 11.6. The molecule has 9 heteroatoms. The number of H-pyrrole nitrogens is 1. The Morgan fingerprint density at radius 1 is 1.30 bits per heavy atom. The molecule has 0 aliphatic carbocycles. The Balaban J connectivity index is 1.66. The van der Waals surface area contributed by atoms with E-state index in [1.165, 1.54) is 0 Å². The minimum absolute atomic E-state index is 0.0413. The fraction of sp³-hybridized carbons (Fsp3) is 0.500. The molecule has 1 fully saturated rings. The first-order chi connectivity index (χ1) is 10.9. The smallest absolute Gasteiger partial charge is 0.325 e. The molecule has 1 saturated heterocycles. The third-order valence-electron chi connectivity index (χ3n) is 4.30. The minimum atomic E-state index is -3.90. The highest BCUT2D eigenvalue weighted by Gasteiger charge is 2.23. The molecule has 0 saturated carbocycles. The number of nitrogens with one attached hydrogen (secondary N) is 1. The van der Waals surface area contributed by atoms with Crippen molar-refractivity contribution < 1.29 is 14.4 Å². The number of rotatable bonds is 4. The van der Waals surface area contributed by atoms with Crippen molar-refractivity contribution >= 4 is 24.2 Å². The third-order valence-corrected chi connectivity index (χ3v) is 5.14. The van der Waals surface area contributed by atoms with Crippen molar-refractivity contribution in [2.75, 3.05) is 24.2 Å². The fourth-order valence-corrected chi connectivity index (χ4v) is 3.65. The van der Waals surface area contributed by atoms with Gasteiger partial charge in [0.05, 0.1) is 17.7 Å². The maximum Gasteiger partial charge on any atom is 0.325 e. The number of pyridine rings is 1. The molecule has 124 valence electrons. The van der Waals surface area contributed by atoms with E-state index in [4.69, 9.17) is 9.79 Å². The van der Waals surface area contributed by atoms with Crippen LogP contribution in [0.25, 0.3) is 10.8 Å². The lowest BCUT2D eigenvalue weighted by atomic mass is 9.94. The predicted octanol–water partition coefficient (Wildman–Crippen LogP) is 1.10. The Hall–Kier alpha value is -1.76. The summed E-state index contributed by atoms with van der Waals surface area (Å²) in [6, 6.07) is 1.85. The molecule has 2 aromatic rings. The molecule has 0 unspecified atom stereocenters. The molecular weight excluding hydrogens is 319 g/mol. The van der Waals surface area contributed by atoms with Gasteiger partial charge >= 0.3 is 7.60 Å². The summed E-state index contributed by atoms with van der Waals surface area (Å²) in [4.78, 5) is 36.0. The van der Waals surface area contributed by atoms with E-state index in [-0.39, 0.29) is 11.7 Å². The molecule has 23 heavy (non-hydrogen) atoms. The Labute approximate surface area is 132 Å². The van der Waals surface area contributed by atoms with Gasteiger partial charge in [0.15, 0.2) is 0 Å². The van der Waals surface area contributed by atoms with Crippen LogP contribution in [-0.4, -0.2) is 44.2 Å². The van der Waals surface area contributed by atoms with Crippen molar-refractivity contribution in [2.45, 2.75) is 19.3 Å². The van der Waals surface area contributed by atoms with Crippen LogP contribution in [0.15, 0.2) is 23.3 Å². The van der Waals surface area contributed by atoms with E-state index in [0.29, 0.717) is 17.7 Å². The second-order valence-electron chi connectivity index (χ2n) is 5.94. The van der Waals surface area contributed by atoms with Crippen LogP contribution in [0.2, 0.25) is 0 Å². The van der Waals surface area contributed by atoms with Crippen LogP contribution in [-0.2, 0) is 4.57 Å². The number of piperidine rings is 1. The number of hydrogen-bond acceptors (Lipinski definition) is 5. The lowest BCUT2D eigenvalue weighted by molar-refractivity contribution is 0.350. The Morgan fingerprint density at radius 3 is 2.74 bits per heavy atom. The lowest BCUT2D eigenvalue weighted by Gasteiger charge is -2.33. The SMILES string of the molecule is O=c1[nH]ncc2cc(N3CCC(CCP(=O)(O)O)CC3)ncc12. The summed E-state index contributed by atoms with van der Waals surface area (Å²) >= 11 is 0. The summed E-state index contributed by atoms with van der Waals surface area (Å²) in [5.74, 6) is 1.14. The van der Waals surface area contributed by atoms with Crippen molar-refractivity contribution in [3.05, 3.63) is 28.8 Å². The Kier molecular flexibility index (Phi) is 4.48. The summed E-state index contributed by atoms with van der Waals surface area (Å²) in [5.41, 5.74) is -0.252. The fourth-order valence-electron chi connectivity index (χ4n) is 2.95. The molecule has 0 spiro atoms. The lowest BCUT2D eigenvalue weighted by Crippen LogP contribution is -2.34. The highest BCUT2D eigenvalue weighted by atomic mass is 31.2. The minimum Gasteiger partial charge on any atom is -0.357 e. The van der Waals surface area contributed by atoms with Gasteiger partial charge in [-0.25, -0.2) is 10.1 Å². The number of aromatic amines is 1. The molecule has 3 heterocycles. The second kappa shape index (κ2) is 6.39. The number of fused-ring (bicyclic) bond motifs is 1. The van der Waals surface area contributed by atoms with Gasteiger partial charge in [0, 0.05) is 24.7 Å². The number of aromatic nitrogens is 3. The van der Waals surface area contributed by atoms with Crippen LogP contribution >= 0.6 is 7.60 Å². The molecule has 0 atom stereocenters. The largest absolute Gasteiger partial charge is 0.357 e. The molecule has 1 aliphatic rings. The van der Waals surface area contributed by atoms with Crippen molar-refractivity contribution in [3.8, 4) is 0 Å². The molecule has 0 radical (unpaired) electrons. The van der Waals surface area contributed by atoms with Gasteiger partial charge in [-0.1, -0.05) is 0 Å². The quantitative estimate of drug-likeness (QED) is 0.714. The molecule has 1 aliphatic heterocycles. The van der Waals surface area contributed by atoms with E-state index in [0.717, 1.165) is 37.1 Å². The normalized spacial score (nSPS) is 16.9. The summed E-state index contributed by atoms with van der Waals surface area (Å²) in [6.45, 7) is 1.59. The topological polar surface area (TPSA) is 119 Å². The average molecular weight is 338 g/mol. The van der Waals surface area contributed by atoms with Gasteiger partial charge in [-0.3, -0.25) is 9.36 Å². The van der Waals surface area contributed by atoms with Crippen LogP contribution in [0.5, 0.6) is 0 Å². The average Bonchev–Trinajstić information content (AvgIpc) is 2.53. The first kappa shape index (κ1) is 16.1. The van der Waals surface area contributed by atoms with E-state index in [1.807, 2.05) is 6.07 Å². The van der Waals surface area contributed by atoms with Crippen molar-refractivity contribution in [3.63, 3.8) is 0 Å². The molecule has 0 amide bonds. The second-order valence-corrected chi connectivity index (χ2v) is 7.71. The Bertz CT molecular complexity index is 795. The van der Waals surface area contributed by atoms with E-state index in [9.17, 15) is 9.36 Å². The highest BCUT2D eigenvalue weighted by molar-refractivity contribution is 7.51. The summed E-state index contributed by atoms with van der Waals surface area (Å²) in [7, 11) is -3.90. The van der Waals surface area contributed by atoms with E-state index in [1.54, 1.807) is 12.4 Å². The first-order valence-corrected chi connectivity index (χ1v) is 9.35. The first-order valence-electron chi connectivity index (χ1n) is 7.55. The number of nitrogens with zero attached hydrogens (tertiary/aromatic N) is 3. The zero-order chi connectivity index (χ0) is 16.4. The van der Waals surface area contributed by atoms with Crippen molar-refractivity contribution in [2.24, 2.45) is 5.92 Å². The van der Waals surface area contributed by atoms with E-state index >= 15 is 0 Å². The van der Waals surface area contributed by atoms with E-state index in [2.05, 4.69) is 20.1 Å². The van der Waals surface area contributed by atoms with Crippen LogP contribution in [0, 0.1) is 5.92 Å². The van der Waals surface area contributed by atoms with Gasteiger partial charge in [0.25, 0.3) is 5.56 Å². The van der Waals surface area contributed by atoms with Gasteiger partial charge in [-0.05, 0) is 31.2 Å². The van der Waals surface area contributed by atoms with Crippen LogP contribution in [0.4, 0.5) is 5.82 Å². The van der Waals surface area contributed by atoms with Crippen LogP contribution < -0.4 is 10.5 Å². The van der Waals surface area contributed by atoms with Gasteiger partial charge in [-0.15, -0.1) is 0 Å². The molecule has 3 N–H and O–H groups in total. The Morgan fingerprint density at radius 2 is 2.04 bits per heavy atom. The van der Waals surface area contributed by atoms with Crippen molar-refractivity contribution in [1.82, 2.24) is 15.2 Å². The van der Waals surface area contributed by atoms with Crippen LogP contribution in [0.3, 0.4) is 0 Å². The summed E-state index contributed by atoms with van der Waals surface area (Å²) in [6.07, 6.45) is 5.45. The molecule has 8 nitrogen and oxygen atoms in total. The molecule has 0 aromatic carbocycles. The number of hydrogen-bond donors (Lipinski definition) is 3. The highest BCUT2D eigenvalue weighted by Crippen LogP contribution is 2.38. The zero-order valence-electron chi connectivity index (χ0n) is 12.6. The standard InChI is InChI=1S/C14H19N4O4P/c19-14-12-9-15-13(7-11(12)8-16-17-14)18-4-1-10(2-5-18)3-6-23(20,21)22/h7-10H,1-6H2,(H,17,19)(H2,20,21,22). The van der Waals surface area contributed by atoms with Gasteiger partial charge in [0.2, 0.25) is 0 Å². The summed E-state index contributed by atoms with van der Waals surface area (Å²) < 4.78 is 11.0. The molecule has 0 bridgehead atoms. The predicted molar refractivity (Wildman–Crippen MR) is 86.6 cm³/mol. The van der Waals surface area contributed by atoms with Gasteiger partial charge < -0.3 is 14.7 Å².